The highest BCUT2D eigenvalue weighted by Gasteiger charge is 2.35. The van der Waals surface area contributed by atoms with E-state index >= 15 is 0 Å². The van der Waals surface area contributed by atoms with Gasteiger partial charge in [0.1, 0.15) is 12.0 Å². The highest BCUT2D eigenvalue weighted by Crippen LogP contribution is 2.34. The number of ether oxygens (including phenoxy) is 2. The first-order valence-electron chi connectivity index (χ1n) is 12.2. The average molecular weight is 461 g/mol. The molecule has 10 heteroatoms. The molecule has 0 radical (unpaired) electrons. The fourth-order valence-corrected chi connectivity index (χ4v) is 5.48. The number of aryl methyl sites for hydroxylation is 1. The zero-order valence-electron chi connectivity index (χ0n) is 19.2. The predicted octanol–water partition coefficient (Wildman–Crippen LogP) is 3.06. The maximum absolute atomic E-state index is 6.07. The average Bonchev–Trinajstić information content (AvgIpc) is 3.66. The first-order valence-corrected chi connectivity index (χ1v) is 12.2. The molecule has 3 unspecified atom stereocenters. The zero-order chi connectivity index (χ0) is 22.6. The molecule has 10 nitrogen and oxygen atoms in total. The Kier molecular flexibility index (Phi) is 4.69. The summed E-state index contributed by atoms with van der Waals surface area (Å²) in [7, 11) is 1.95. The molecular formula is C24H28N8O2. The second-order valence-corrected chi connectivity index (χ2v) is 9.50. The van der Waals surface area contributed by atoms with Gasteiger partial charge in [-0.2, -0.15) is 15.3 Å². The lowest BCUT2D eigenvalue weighted by Gasteiger charge is -2.33. The summed E-state index contributed by atoms with van der Waals surface area (Å²) in [5.41, 5.74) is 4.51. The second-order valence-electron chi connectivity index (χ2n) is 9.50. The molecule has 7 heterocycles. The molecule has 4 aromatic rings. The topological polar surface area (TPSA) is 87.5 Å². The summed E-state index contributed by atoms with van der Waals surface area (Å²) in [6.45, 7) is 2.51. The number of morpholine rings is 1. The van der Waals surface area contributed by atoms with Crippen molar-refractivity contribution in [3.8, 4) is 22.6 Å². The van der Waals surface area contributed by atoms with E-state index in [4.69, 9.17) is 24.7 Å². The van der Waals surface area contributed by atoms with Gasteiger partial charge in [0.15, 0.2) is 5.65 Å². The smallest absolute Gasteiger partial charge is 0.167 e. The van der Waals surface area contributed by atoms with Crippen LogP contribution in [0.4, 0.5) is 5.82 Å². The Bertz CT molecular complexity index is 1320. The van der Waals surface area contributed by atoms with Crippen LogP contribution in [0.15, 0.2) is 36.8 Å². The molecule has 3 fully saturated rings. The number of anilines is 1. The van der Waals surface area contributed by atoms with Crippen molar-refractivity contribution in [3.63, 3.8) is 0 Å². The van der Waals surface area contributed by atoms with Crippen molar-refractivity contribution < 1.29 is 9.47 Å². The third-order valence-corrected chi connectivity index (χ3v) is 7.24. The van der Waals surface area contributed by atoms with Crippen LogP contribution in [0.25, 0.3) is 28.3 Å². The molecule has 3 aliphatic heterocycles. The molecule has 3 atom stereocenters. The van der Waals surface area contributed by atoms with Crippen LogP contribution in [0, 0.1) is 0 Å². The largest absolute Gasteiger partial charge is 0.371 e. The number of aromatic nitrogens is 7. The number of hydrogen-bond donors (Lipinski definition) is 0. The fourth-order valence-electron chi connectivity index (χ4n) is 5.48. The molecule has 0 N–H and O–H groups in total. The summed E-state index contributed by atoms with van der Waals surface area (Å²) in [6, 6.07) is 6.17. The quantitative estimate of drug-likeness (QED) is 0.463. The van der Waals surface area contributed by atoms with E-state index in [0.29, 0.717) is 0 Å². The molecule has 0 amide bonds. The zero-order valence-corrected chi connectivity index (χ0v) is 19.2. The van der Waals surface area contributed by atoms with Gasteiger partial charge in [-0.3, -0.25) is 4.68 Å². The van der Waals surface area contributed by atoms with Gasteiger partial charge in [0, 0.05) is 45.2 Å². The van der Waals surface area contributed by atoms with Crippen molar-refractivity contribution in [2.45, 2.75) is 50.5 Å². The van der Waals surface area contributed by atoms with Crippen molar-refractivity contribution in [1.82, 2.24) is 34.2 Å². The molecular weight excluding hydrogens is 432 g/mol. The normalized spacial score (nSPS) is 24.9. The molecule has 0 aliphatic carbocycles. The van der Waals surface area contributed by atoms with E-state index in [1.807, 2.05) is 51.6 Å². The number of nitrogens with zero attached hydrogens (tertiary/aromatic N) is 8. The van der Waals surface area contributed by atoms with Crippen LogP contribution in [0.2, 0.25) is 0 Å². The third-order valence-electron chi connectivity index (χ3n) is 7.24. The Hall–Kier alpha value is -3.24. The summed E-state index contributed by atoms with van der Waals surface area (Å²) in [4.78, 5) is 7.47. The van der Waals surface area contributed by atoms with E-state index in [0.717, 1.165) is 85.9 Å². The Labute approximate surface area is 197 Å². The van der Waals surface area contributed by atoms with Gasteiger partial charge in [0.25, 0.3) is 0 Å². The van der Waals surface area contributed by atoms with Crippen LogP contribution in [-0.4, -0.2) is 66.1 Å². The molecule has 2 bridgehead atoms. The molecule has 0 aromatic carbocycles. The lowest BCUT2D eigenvalue weighted by Crippen LogP contribution is -2.43. The molecule has 7 rings (SSSR count). The Morgan fingerprint density at radius 2 is 1.88 bits per heavy atom. The van der Waals surface area contributed by atoms with Gasteiger partial charge in [-0.15, -0.1) is 0 Å². The fraction of sp³-hybridized carbons (Fsp3) is 0.500. The molecule has 0 saturated carbocycles. The Balaban J connectivity index is 1.34. The van der Waals surface area contributed by atoms with Crippen molar-refractivity contribution in [2.75, 3.05) is 24.6 Å². The van der Waals surface area contributed by atoms with Crippen LogP contribution in [0.3, 0.4) is 0 Å². The van der Waals surface area contributed by atoms with Gasteiger partial charge in [-0.25, -0.2) is 14.2 Å². The highest BCUT2D eigenvalue weighted by molar-refractivity contribution is 5.78. The minimum absolute atomic E-state index is 0.00156. The van der Waals surface area contributed by atoms with Gasteiger partial charge < -0.3 is 14.4 Å². The van der Waals surface area contributed by atoms with Crippen molar-refractivity contribution in [3.05, 3.63) is 36.8 Å². The van der Waals surface area contributed by atoms with Crippen LogP contribution < -0.4 is 4.90 Å². The minimum Gasteiger partial charge on any atom is -0.371 e. The maximum atomic E-state index is 6.07. The second kappa shape index (κ2) is 7.92. The molecule has 34 heavy (non-hydrogen) atoms. The van der Waals surface area contributed by atoms with Crippen LogP contribution in [-0.2, 0) is 16.5 Å². The SMILES string of the molecule is Cn1nccc1-c1cc(N2CC3CCC(C2)O3)nc2c(-c3ccn(C4CCCCO4)n3)cnn12. The third kappa shape index (κ3) is 3.32. The monoisotopic (exact) mass is 460 g/mol. The van der Waals surface area contributed by atoms with Gasteiger partial charge in [-0.1, -0.05) is 0 Å². The van der Waals surface area contributed by atoms with E-state index in [2.05, 4.69) is 16.1 Å². The predicted molar refractivity (Wildman–Crippen MR) is 125 cm³/mol. The van der Waals surface area contributed by atoms with E-state index in [1.54, 1.807) is 0 Å². The molecule has 0 spiro atoms. The first-order chi connectivity index (χ1) is 16.7. The summed E-state index contributed by atoms with van der Waals surface area (Å²) >= 11 is 0. The summed E-state index contributed by atoms with van der Waals surface area (Å²) < 4.78 is 17.7. The first kappa shape index (κ1) is 20.2. The van der Waals surface area contributed by atoms with Crippen molar-refractivity contribution in [1.29, 1.82) is 0 Å². The van der Waals surface area contributed by atoms with Crippen molar-refractivity contribution in [2.24, 2.45) is 7.05 Å². The standard InChI is InChI=1S/C24H28N8O2/c1-29-20(7-9-25-29)21-12-22(30-14-16-5-6-17(15-30)34-16)27-24-18(13-26-32(21)24)19-8-10-31(28-19)23-4-2-3-11-33-23/h7-10,12-13,16-17,23H,2-6,11,14-15H2,1H3. The van der Waals surface area contributed by atoms with Gasteiger partial charge in [-0.05, 0) is 44.2 Å². The summed E-state index contributed by atoms with van der Waals surface area (Å²) in [6.07, 6.45) is 11.8. The van der Waals surface area contributed by atoms with Gasteiger partial charge in [0.2, 0.25) is 0 Å². The number of rotatable bonds is 4. The van der Waals surface area contributed by atoms with E-state index < -0.39 is 0 Å². The molecule has 3 aliphatic rings. The summed E-state index contributed by atoms with van der Waals surface area (Å²) in [5.74, 6) is 0.945. The maximum Gasteiger partial charge on any atom is 0.167 e. The highest BCUT2D eigenvalue weighted by atomic mass is 16.5. The van der Waals surface area contributed by atoms with Crippen LogP contribution in [0.1, 0.15) is 38.3 Å². The van der Waals surface area contributed by atoms with E-state index in [1.165, 1.54) is 0 Å². The number of fused-ring (bicyclic) bond motifs is 3. The molecule has 3 saturated heterocycles. The lowest BCUT2D eigenvalue weighted by molar-refractivity contribution is -0.0393. The molecule has 4 aromatic heterocycles. The van der Waals surface area contributed by atoms with Gasteiger partial charge in [0.05, 0.1) is 41.1 Å². The number of hydrogen-bond acceptors (Lipinski definition) is 7. The van der Waals surface area contributed by atoms with Gasteiger partial charge >= 0.3 is 0 Å². The molecule has 176 valence electrons. The van der Waals surface area contributed by atoms with Crippen LogP contribution >= 0.6 is 0 Å². The minimum atomic E-state index is 0.00156. The van der Waals surface area contributed by atoms with E-state index in [9.17, 15) is 0 Å². The summed E-state index contributed by atoms with van der Waals surface area (Å²) in [5, 5.41) is 14.0. The van der Waals surface area contributed by atoms with Crippen LogP contribution in [0.5, 0.6) is 0 Å². The Morgan fingerprint density at radius 1 is 1.00 bits per heavy atom. The van der Waals surface area contributed by atoms with Crippen molar-refractivity contribution >= 4 is 11.5 Å². The lowest BCUT2D eigenvalue weighted by atomic mass is 10.2. The van der Waals surface area contributed by atoms with E-state index in [-0.39, 0.29) is 18.4 Å². The Morgan fingerprint density at radius 3 is 2.65 bits per heavy atom.